The van der Waals surface area contributed by atoms with Crippen LogP contribution in [0.2, 0.25) is 0 Å². The van der Waals surface area contributed by atoms with Crippen molar-refractivity contribution >= 4 is 5.97 Å². The van der Waals surface area contributed by atoms with Crippen LogP contribution in [-0.2, 0) is 9.53 Å². The van der Waals surface area contributed by atoms with Crippen molar-refractivity contribution in [2.75, 3.05) is 7.11 Å². The lowest BCUT2D eigenvalue weighted by Crippen LogP contribution is -2.36. The third-order valence-electron chi connectivity index (χ3n) is 1.99. The fourth-order valence-electron chi connectivity index (χ4n) is 1.15. The standard InChI is InChI=1S/C8H9FN2O5/c1-3(7(14)16-2)11-6(13)4(9)5(12)10-8(11)15/h3,13H,1-2H3,(H,10,12,15). The maximum absolute atomic E-state index is 13.0. The van der Waals surface area contributed by atoms with Gasteiger partial charge in [0.05, 0.1) is 7.11 Å². The topological polar surface area (TPSA) is 101 Å². The van der Waals surface area contributed by atoms with Gasteiger partial charge in [-0.2, -0.15) is 4.39 Å². The Labute approximate surface area is 88.1 Å². The number of aromatic amines is 1. The molecule has 0 aliphatic heterocycles. The molecule has 7 nitrogen and oxygen atoms in total. The molecule has 2 N–H and O–H groups in total. The quantitative estimate of drug-likeness (QED) is 0.644. The minimum Gasteiger partial charge on any atom is -0.492 e. The van der Waals surface area contributed by atoms with Gasteiger partial charge in [-0.1, -0.05) is 0 Å². The summed E-state index contributed by atoms with van der Waals surface area (Å²) < 4.78 is 17.7. The van der Waals surface area contributed by atoms with Gasteiger partial charge in [0.25, 0.3) is 5.56 Å². The van der Waals surface area contributed by atoms with Crippen molar-refractivity contribution in [3.05, 3.63) is 26.7 Å². The molecule has 16 heavy (non-hydrogen) atoms. The summed E-state index contributed by atoms with van der Waals surface area (Å²) in [7, 11) is 1.07. The molecule has 0 bridgehead atoms. The number of methoxy groups -OCH3 is 1. The van der Waals surface area contributed by atoms with Crippen molar-refractivity contribution < 1.29 is 19.0 Å². The van der Waals surface area contributed by atoms with Gasteiger partial charge in [-0.15, -0.1) is 0 Å². The van der Waals surface area contributed by atoms with Crippen LogP contribution in [-0.4, -0.2) is 27.7 Å². The lowest BCUT2D eigenvalue weighted by Gasteiger charge is -2.13. The van der Waals surface area contributed by atoms with E-state index < -0.39 is 35.0 Å². The minimum absolute atomic E-state index is 0.391. The van der Waals surface area contributed by atoms with Gasteiger partial charge < -0.3 is 9.84 Å². The fraction of sp³-hybridized carbons (Fsp3) is 0.375. The smallest absolute Gasteiger partial charge is 0.332 e. The Bertz CT molecular complexity index is 532. The maximum Gasteiger partial charge on any atom is 0.332 e. The second-order valence-corrected chi connectivity index (χ2v) is 2.97. The van der Waals surface area contributed by atoms with Gasteiger partial charge in [0, 0.05) is 0 Å². The molecule has 0 aliphatic carbocycles. The van der Waals surface area contributed by atoms with Crippen molar-refractivity contribution in [3.63, 3.8) is 0 Å². The number of hydrogen-bond acceptors (Lipinski definition) is 5. The van der Waals surface area contributed by atoms with Crippen LogP contribution in [0.15, 0.2) is 9.59 Å². The minimum atomic E-state index is -1.53. The first-order valence-corrected chi connectivity index (χ1v) is 4.21. The molecule has 8 heteroatoms. The summed E-state index contributed by atoms with van der Waals surface area (Å²) >= 11 is 0. The highest BCUT2D eigenvalue weighted by atomic mass is 19.1. The van der Waals surface area contributed by atoms with E-state index in [9.17, 15) is 23.9 Å². The van der Waals surface area contributed by atoms with Crippen molar-refractivity contribution in [3.8, 4) is 5.88 Å². The number of hydrogen-bond donors (Lipinski definition) is 2. The summed E-state index contributed by atoms with van der Waals surface area (Å²) in [4.78, 5) is 34.7. The second-order valence-electron chi connectivity index (χ2n) is 2.97. The Balaban J connectivity index is 3.46. The molecule has 0 spiro atoms. The Hall–Kier alpha value is -2.12. The monoisotopic (exact) mass is 232 g/mol. The van der Waals surface area contributed by atoms with Crippen LogP contribution in [0.1, 0.15) is 13.0 Å². The molecule has 1 rings (SSSR count). The number of carbonyl (C=O) groups excluding carboxylic acids is 1. The lowest BCUT2D eigenvalue weighted by atomic mass is 10.3. The predicted molar refractivity (Wildman–Crippen MR) is 49.7 cm³/mol. The number of aromatic hydroxyl groups is 1. The molecule has 1 aromatic heterocycles. The van der Waals surface area contributed by atoms with Crippen molar-refractivity contribution in [2.45, 2.75) is 13.0 Å². The van der Waals surface area contributed by atoms with E-state index in [0.29, 0.717) is 4.57 Å². The molecule has 0 radical (unpaired) electrons. The van der Waals surface area contributed by atoms with Gasteiger partial charge in [0.2, 0.25) is 11.7 Å². The highest BCUT2D eigenvalue weighted by Crippen LogP contribution is 2.14. The van der Waals surface area contributed by atoms with Crippen LogP contribution in [0.5, 0.6) is 5.88 Å². The molecule has 1 aromatic rings. The van der Waals surface area contributed by atoms with Crippen molar-refractivity contribution in [2.24, 2.45) is 0 Å². The molecule has 0 amide bonds. The molecule has 0 saturated carbocycles. The summed E-state index contributed by atoms with van der Waals surface area (Å²) in [5.74, 6) is -3.59. The van der Waals surface area contributed by atoms with Gasteiger partial charge in [-0.3, -0.25) is 9.78 Å². The number of halogens is 1. The number of carbonyl (C=O) groups is 1. The van der Waals surface area contributed by atoms with Crippen molar-refractivity contribution in [1.29, 1.82) is 0 Å². The largest absolute Gasteiger partial charge is 0.492 e. The van der Waals surface area contributed by atoms with Crippen LogP contribution >= 0.6 is 0 Å². The summed E-state index contributed by atoms with van der Waals surface area (Å²) in [5.41, 5.74) is -2.45. The Morgan fingerprint density at radius 1 is 1.56 bits per heavy atom. The highest BCUT2D eigenvalue weighted by molar-refractivity contribution is 5.73. The molecule has 1 unspecified atom stereocenters. The first-order chi connectivity index (χ1) is 7.40. The number of ether oxygens (including phenoxy) is 1. The van der Waals surface area contributed by atoms with Gasteiger partial charge in [0.15, 0.2) is 0 Å². The molecule has 1 atom stereocenters. The molecule has 0 aliphatic rings. The van der Waals surface area contributed by atoms with Crippen LogP contribution in [0, 0.1) is 5.82 Å². The Morgan fingerprint density at radius 3 is 2.62 bits per heavy atom. The van der Waals surface area contributed by atoms with E-state index in [1.165, 1.54) is 6.92 Å². The highest BCUT2D eigenvalue weighted by Gasteiger charge is 2.23. The van der Waals surface area contributed by atoms with E-state index in [1.54, 1.807) is 4.98 Å². The van der Waals surface area contributed by atoms with Gasteiger partial charge in [0.1, 0.15) is 6.04 Å². The number of H-pyrrole nitrogens is 1. The Morgan fingerprint density at radius 2 is 2.12 bits per heavy atom. The lowest BCUT2D eigenvalue weighted by molar-refractivity contribution is -0.144. The predicted octanol–water partition coefficient (Wildman–Crippen LogP) is -0.885. The van der Waals surface area contributed by atoms with E-state index in [1.807, 2.05) is 0 Å². The average molecular weight is 232 g/mol. The normalized spacial score (nSPS) is 12.2. The van der Waals surface area contributed by atoms with E-state index in [4.69, 9.17) is 0 Å². The first-order valence-electron chi connectivity index (χ1n) is 4.21. The second kappa shape index (κ2) is 4.17. The SMILES string of the molecule is COC(=O)C(C)n1c(O)c(F)c(=O)[nH]c1=O. The first kappa shape index (κ1) is 12.0. The zero-order valence-corrected chi connectivity index (χ0v) is 8.48. The van der Waals surface area contributed by atoms with E-state index in [2.05, 4.69) is 4.74 Å². The molecule has 1 heterocycles. The maximum atomic E-state index is 13.0. The summed E-state index contributed by atoms with van der Waals surface area (Å²) in [6, 6.07) is -1.25. The fourth-order valence-corrected chi connectivity index (χ4v) is 1.15. The third-order valence-corrected chi connectivity index (χ3v) is 1.99. The van der Waals surface area contributed by atoms with Gasteiger partial charge >= 0.3 is 11.7 Å². The average Bonchev–Trinajstić information content (AvgIpc) is 2.24. The van der Waals surface area contributed by atoms with Crippen LogP contribution in [0.25, 0.3) is 0 Å². The molecule has 0 saturated heterocycles. The number of nitrogens with one attached hydrogen (secondary N) is 1. The van der Waals surface area contributed by atoms with E-state index >= 15 is 0 Å². The molecular formula is C8H9FN2O5. The van der Waals surface area contributed by atoms with Crippen LogP contribution < -0.4 is 11.2 Å². The summed E-state index contributed by atoms with van der Waals surface area (Å²) in [6.07, 6.45) is 0. The van der Waals surface area contributed by atoms with E-state index in [-0.39, 0.29) is 0 Å². The molecule has 0 fully saturated rings. The number of esters is 1. The third kappa shape index (κ3) is 1.81. The zero-order chi connectivity index (χ0) is 12.5. The summed E-state index contributed by atoms with van der Waals surface area (Å²) in [5, 5.41) is 9.23. The number of aromatic nitrogens is 2. The van der Waals surface area contributed by atoms with Gasteiger partial charge in [-0.25, -0.2) is 14.2 Å². The Kier molecular flexibility index (Phi) is 3.11. The zero-order valence-electron chi connectivity index (χ0n) is 8.48. The summed E-state index contributed by atoms with van der Waals surface area (Å²) in [6.45, 7) is 1.21. The molecule has 88 valence electrons. The van der Waals surface area contributed by atoms with Gasteiger partial charge in [-0.05, 0) is 6.92 Å². The molecule has 0 aromatic carbocycles. The van der Waals surface area contributed by atoms with Crippen LogP contribution in [0.3, 0.4) is 0 Å². The van der Waals surface area contributed by atoms with Crippen molar-refractivity contribution in [1.82, 2.24) is 9.55 Å². The molecular weight excluding hydrogens is 223 g/mol. The number of rotatable bonds is 2. The number of nitrogens with zero attached hydrogens (tertiary/aromatic N) is 1. The van der Waals surface area contributed by atoms with Crippen LogP contribution in [0.4, 0.5) is 4.39 Å². The van der Waals surface area contributed by atoms with E-state index in [0.717, 1.165) is 7.11 Å².